The molecule has 0 aromatic heterocycles. The molecule has 0 saturated carbocycles. The van der Waals surface area contributed by atoms with Gasteiger partial charge in [0.1, 0.15) is 0 Å². The van der Waals surface area contributed by atoms with Crippen LogP contribution in [0.4, 0.5) is 0 Å². The summed E-state index contributed by atoms with van der Waals surface area (Å²) in [5.74, 6) is 1.23. The first-order chi connectivity index (χ1) is 7.56. The quantitative estimate of drug-likeness (QED) is 0.618. The number of hydrogen-bond donors (Lipinski definition) is 0. The zero-order valence-corrected chi connectivity index (χ0v) is 11.2. The average molecular weight is 216 g/mol. The molecule has 0 bridgehead atoms. The van der Waals surface area contributed by atoms with E-state index < -0.39 is 0 Å². The molecule has 0 amide bonds. The monoisotopic (exact) mass is 216 g/mol. The van der Waals surface area contributed by atoms with Crippen LogP contribution in [-0.2, 0) is 6.42 Å². The molecular formula is C16H24. The molecule has 0 fully saturated rings. The van der Waals surface area contributed by atoms with E-state index in [0.717, 1.165) is 6.42 Å². The van der Waals surface area contributed by atoms with Crippen LogP contribution in [0.15, 0.2) is 30.4 Å². The van der Waals surface area contributed by atoms with E-state index in [4.69, 9.17) is 0 Å². The van der Waals surface area contributed by atoms with Crippen molar-refractivity contribution in [2.75, 3.05) is 0 Å². The number of rotatable bonds is 4. The molecular weight excluding hydrogens is 192 g/mol. The van der Waals surface area contributed by atoms with Gasteiger partial charge in [-0.1, -0.05) is 58.0 Å². The van der Waals surface area contributed by atoms with Crippen LogP contribution in [0.5, 0.6) is 0 Å². The van der Waals surface area contributed by atoms with E-state index in [2.05, 4.69) is 65.0 Å². The summed E-state index contributed by atoms with van der Waals surface area (Å²) in [7, 11) is 0. The zero-order chi connectivity index (χ0) is 12.1. The zero-order valence-electron chi connectivity index (χ0n) is 11.2. The molecule has 0 nitrogen and oxygen atoms in total. The second kappa shape index (κ2) is 5.89. The molecule has 0 unspecified atom stereocenters. The summed E-state index contributed by atoms with van der Waals surface area (Å²) < 4.78 is 0. The lowest BCUT2D eigenvalue weighted by molar-refractivity contribution is 0.822. The van der Waals surface area contributed by atoms with Gasteiger partial charge in [-0.2, -0.15) is 0 Å². The van der Waals surface area contributed by atoms with Crippen LogP contribution in [0.1, 0.15) is 63.1 Å². The molecule has 0 aliphatic carbocycles. The van der Waals surface area contributed by atoms with Crippen LogP contribution in [0.2, 0.25) is 0 Å². The van der Waals surface area contributed by atoms with Crippen molar-refractivity contribution in [3.8, 4) is 0 Å². The fourth-order valence-electron chi connectivity index (χ4n) is 1.94. The lowest BCUT2D eigenvalue weighted by Crippen LogP contribution is -1.98. The van der Waals surface area contributed by atoms with Gasteiger partial charge in [-0.25, -0.2) is 0 Å². The van der Waals surface area contributed by atoms with Crippen LogP contribution >= 0.6 is 0 Å². The van der Waals surface area contributed by atoms with Crippen molar-refractivity contribution in [3.63, 3.8) is 0 Å². The summed E-state index contributed by atoms with van der Waals surface area (Å²) in [4.78, 5) is 0. The Morgan fingerprint density at radius 1 is 1.06 bits per heavy atom. The molecule has 0 N–H and O–H groups in total. The highest BCUT2D eigenvalue weighted by Gasteiger charge is 2.08. The van der Waals surface area contributed by atoms with Crippen molar-refractivity contribution in [2.45, 2.75) is 52.9 Å². The maximum absolute atomic E-state index is 2.38. The van der Waals surface area contributed by atoms with Gasteiger partial charge in [-0.15, -0.1) is 0 Å². The maximum atomic E-state index is 2.38. The number of benzene rings is 1. The van der Waals surface area contributed by atoms with Crippen LogP contribution in [0.3, 0.4) is 0 Å². The minimum Gasteiger partial charge on any atom is -0.0913 e. The Kier molecular flexibility index (Phi) is 4.79. The summed E-state index contributed by atoms with van der Waals surface area (Å²) in [6, 6.07) is 6.95. The summed E-state index contributed by atoms with van der Waals surface area (Å²) in [5, 5.41) is 0. The molecule has 0 aliphatic heterocycles. The molecule has 0 radical (unpaired) electrons. The number of hydrogen-bond acceptors (Lipinski definition) is 0. The third kappa shape index (κ3) is 3.23. The van der Waals surface area contributed by atoms with Crippen LogP contribution in [0, 0.1) is 0 Å². The van der Waals surface area contributed by atoms with Gasteiger partial charge in [0.15, 0.2) is 0 Å². The summed E-state index contributed by atoms with van der Waals surface area (Å²) >= 11 is 0. The molecule has 0 atom stereocenters. The third-order valence-corrected chi connectivity index (χ3v) is 3.03. The van der Waals surface area contributed by atoms with Gasteiger partial charge in [-0.05, 0) is 41.9 Å². The van der Waals surface area contributed by atoms with Crippen molar-refractivity contribution >= 4 is 0 Å². The fraction of sp³-hybridized carbons (Fsp3) is 0.500. The molecule has 88 valence electrons. The van der Waals surface area contributed by atoms with Crippen molar-refractivity contribution in [1.29, 1.82) is 0 Å². The summed E-state index contributed by atoms with van der Waals surface area (Å²) in [5.41, 5.74) is 4.43. The standard InChI is InChI=1S/C16H24/c1-6-7-8-14-9-10-15(12(2)3)11-16(14)13(4)5/h6-7,9-13H,8H2,1-5H3. The summed E-state index contributed by atoms with van der Waals surface area (Å²) in [6.45, 7) is 11.1. The highest BCUT2D eigenvalue weighted by molar-refractivity contribution is 5.36. The van der Waals surface area contributed by atoms with Crippen molar-refractivity contribution < 1.29 is 0 Å². The van der Waals surface area contributed by atoms with E-state index in [1.807, 2.05) is 0 Å². The van der Waals surface area contributed by atoms with E-state index >= 15 is 0 Å². The van der Waals surface area contributed by atoms with Crippen LogP contribution in [0.25, 0.3) is 0 Å². The molecule has 0 heteroatoms. The minimum absolute atomic E-state index is 0.610. The molecule has 1 aromatic rings. The normalized spacial score (nSPS) is 11.9. The molecule has 1 aromatic carbocycles. The molecule has 0 spiro atoms. The first-order valence-corrected chi connectivity index (χ1v) is 6.30. The van der Waals surface area contributed by atoms with Gasteiger partial charge in [-0.3, -0.25) is 0 Å². The lowest BCUT2D eigenvalue weighted by atomic mass is 9.90. The van der Waals surface area contributed by atoms with Crippen LogP contribution in [-0.4, -0.2) is 0 Å². The summed E-state index contributed by atoms with van der Waals surface area (Å²) in [6.07, 6.45) is 5.42. The van der Waals surface area contributed by atoms with Gasteiger partial charge < -0.3 is 0 Å². The molecule has 16 heavy (non-hydrogen) atoms. The first kappa shape index (κ1) is 13.0. The van der Waals surface area contributed by atoms with Gasteiger partial charge in [0, 0.05) is 0 Å². The van der Waals surface area contributed by atoms with E-state index in [1.165, 1.54) is 16.7 Å². The van der Waals surface area contributed by atoms with E-state index in [0.29, 0.717) is 11.8 Å². The van der Waals surface area contributed by atoms with E-state index in [-0.39, 0.29) is 0 Å². The Bertz CT molecular complexity index is 356. The van der Waals surface area contributed by atoms with Crippen molar-refractivity contribution in [2.24, 2.45) is 0 Å². The Hall–Kier alpha value is -1.04. The first-order valence-electron chi connectivity index (χ1n) is 6.30. The Morgan fingerprint density at radius 3 is 2.25 bits per heavy atom. The lowest BCUT2D eigenvalue weighted by Gasteiger charge is -2.15. The Morgan fingerprint density at radius 2 is 1.75 bits per heavy atom. The second-order valence-electron chi connectivity index (χ2n) is 5.04. The number of allylic oxidation sites excluding steroid dienone is 2. The fourth-order valence-corrected chi connectivity index (χ4v) is 1.94. The second-order valence-corrected chi connectivity index (χ2v) is 5.04. The van der Waals surface area contributed by atoms with Gasteiger partial charge in [0.05, 0.1) is 0 Å². The van der Waals surface area contributed by atoms with E-state index in [1.54, 1.807) is 0 Å². The molecule has 0 saturated heterocycles. The highest BCUT2D eigenvalue weighted by Crippen LogP contribution is 2.25. The minimum atomic E-state index is 0.610. The van der Waals surface area contributed by atoms with Crippen molar-refractivity contribution in [1.82, 2.24) is 0 Å². The van der Waals surface area contributed by atoms with Gasteiger partial charge >= 0.3 is 0 Å². The van der Waals surface area contributed by atoms with E-state index in [9.17, 15) is 0 Å². The highest BCUT2D eigenvalue weighted by atomic mass is 14.1. The molecule has 0 aliphatic rings. The maximum Gasteiger partial charge on any atom is -0.00947 e. The smallest absolute Gasteiger partial charge is 0.00947 e. The molecule has 0 heterocycles. The topological polar surface area (TPSA) is 0 Å². The predicted octanol–water partition coefficient (Wildman–Crippen LogP) is 5.05. The largest absolute Gasteiger partial charge is 0.0913 e. The molecule has 1 rings (SSSR count). The predicted molar refractivity (Wildman–Crippen MR) is 73.1 cm³/mol. The van der Waals surface area contributed by atoms with Gasteiger partial charge in [0.25, 0.3) is 0 Å². The Balaban J connectivity index is 3.09. The third-order valence-electron chi connectivity index (χ3n) is 3.03. The van der Waals surface area contributed by atoms with Gasteiger partial charge in [0.2, 0.25) is 0 Å². The SMILES string of the molecule is CC=CCc1ccc(C(C)C)cc1C(C)C. The Labute approximate surface area is 100 Å². The van der Waals surface area contributed by atoms with Crippen molar-refractivity contribution in [3.05, 3.63) is 47.0 Å². The average Bonchev–Trinajstić information content (AvgIpc) is 2.25. The van der Waals surface area contributed by atoms with Crippen LogP contribution < -0.4 is 0 Å².